The van der Waals surface area contributed by atoms with Crippen LogP contribution in [0, 0.1) is 0 Å². The molecule has 0 aromatic carbocycles. The Morgan fingerprint density at radius 1 is 1.56 bits per heavy atom. The Kier molecular flexibility index (Phi) is 2.07. The lowest BCUT2D eigenvalue weighted by Crippen LogP contribution is -2.51. The second-order valence-electron chi connectivity index (χ2n) is 5.68. The molecule has 4 nitrogen and oxygen atoms in total. The molecule has 0 radical (unpaired) electrons. The van der Waals surface area contributed by atoms with E-state index < -0.39 is 0 Å². The number of piperidine rings is 1. The van der Waals surface area contributed by atoms with Crippen LogP contribution in [0.25, 0.3) is 0 Å². The summed E-state index contributed by atoms with van der Waals surface area (Å²) in [4.78, 5) is 14.1. The first kappa shape index (κ1) is 10.8. The molecule has 1 spiro atoms. The lowest BCUT2D eigenvalue weighted by Gasteiger charge is -2.40. The van der Waals surface area contributed by atoms with Gasteiger partial charge in [-0.3, -0.25) is 4.90 Å². The van der Waals surface area contributed by atoms with Gasteiger partial charge in [0.2, 0.25) is 0 Å². The van der Waals surface area contributed by atoms with Gasteiger partial charge in [-0.2, -0.15) is 0 Å². The summed E-state index contributed by atoms with van der Waals surface area (Å²) in [7, 11) is 1.77. The van der Waals surface area contributed by atoms with E-state index in [1.807, 2.05) is 0 Å². The average Bonchev–Trinajstić information content (AvgIpc) is 2.85. The number of nitrogens with zero attached hydrogens (tertiary/aromatic N) is 1. The van der Waals surface area contributed by atoms with Gasteiger partial charge in [0.15, 0.2) is 5.60 Å². The van der Waals surface area contributed by atoms with E-state index in [0.29, 0.717) is 12.1 Å². The molecule has 0 unspecified atom stereocenters. The third-order valence-corrected chi connectivity index (χ3v) is 4.95. The fourth-order valence-electron chi connectivity index (χ4n) is 4.10. The predicted octanol–water partition coefficient (Wildman–Crippen LogP) is 1.03. The normalized spacial score (nSPS) is 45.5. The summed E-state index contributed by atoms with van der Waals surface area (Å²) in [6, 6.07) is 0.713. The van der Waals surface area contributed by atoms with Gasteiger partial charge in [0, 0.05) is 37.8 Å². The topological polar surface area (TPSA) is 38.8 Å². The van der Waals surface area contributed by atoms with E-state index in [1.54, 1.807) is 13.2 Å². The maximum absolute atomic E-state index is 11.6. The number of esters is 1. The lowest BCUT2D eigenvalue weighted by molar-refractivity contribution is -0.149. The molecule has 96 valence electrons. The van der Waals surface area contributed by atoms with Crippen molar-refractivity contribution in [3.63, 3.8) is 0 Å². The lowest BCUT2D eigenvalue weighted by atomic mass is 9.80. The second-order valence-corrected chi connectivity index (χ2v) is 5.68. The van der Waals surface area contributed by atoms with Crippen molar-refractivity contribution < 1.29 is 14.3 Å². The summed E-state index contributed by atoms with van der Waals surface area (Å²) in [5, 5.41) is 0. The number of fused-ring (bicyclic) bond motifs is 3. The Labute approximate surface area is 106 Å². The van der Waals surface area contributed by atoms with Crippen LogP contribution in [0.5, 0.6) is 0 Å². The maximum atomic E-state index is 11.6. The third kappa shape index (κ3) is 1.20. The molecule has 2 fully saturated rings. The van der Waals surface area contributed by atoms with E-state index in [4.69, 9.17) is 9.47 Å². The molecular formula is C14H17NO3. The minimum absolute atomic E-state index is 0.184. The van der Waals surface area contributed by atoms with Crippen LogP contribution in [0.4, 0.5) is 0 Å². The minimum atomic E-state index is -0.381. The average molecular weight is 247 g/mol. The van der Waals surface area contributed by atoms with Crippen LogP contribution in [0.3, 0.4) is 0 Å². The zero-order valence-electron chi connectivity index (χ0n) is 10.5. The first-order chi connectivity index (χ1) is 8.73. The van der Waals surface area contributed by atoms with Crippen molar-refractivity contribution >= 4 is 5.97 Å². The largest absolute Gasteiger partial charge is 0.449 e. The Hall–Kier alpha value is -1.13. The van der Waals surface area contributed by atoms with E-state index >= 15 is 0 Å². The van der Waals surface area contributed by atoms with Crippen molar-refractivity contribution in [2.75, 3.05) is 13.7 Å². The van der Waals surface area contributed by atoms with Gasteiger partial charge >= 0.3 is 5.97 Å². The third-order valence-electron chi connectivity index (χ3n) is 4.95. The van der Waals surface area contributed by atoms with Gasteiger partial charge in [-0.05, 0) is 12.8 Å². The molecule has 0 N–H and O–H groups in total. The van der Waals surface area contributed by atoms with E-state index in [0.717, 1.165) is 31.4 Å². The van der Waals surface area contributed by atoms with Gasteiger partial charge < -0.3 is 9.47 Å². The number of rotatable bonds is 1. The summed E-state index contributed by atoms with van der Waals surface area (Å²) < 4.78 is 11.2. The number of methoxy groups -OCH3 is 1. The van der Waals surface area contributed by atoms with Gasteiger partial charge in [0.1, 0.15) is 0 Å². The van der Waals surface area contributed by atoms with Crippen molar-refractivity contribution in [2.24, 2.45) is 0 Å². The molecule has 4 aliphatic rings. The molecule has 0 aromatic rings. The molecular weight excluding hydrogens is 230 g/mol. The molecule has 2 bridgehead atoms. The van der Waals surface area contributed by atoms with Crippen LogP contribution in [0.2, 0.25) is 0 Å². The van der Waals surface area contributed by atoms with Crippen LogP contribution in [0.1, 0.15) is 19.3 Å². The maximum Gasteiger partial charge on any atom is 0.332 e. The molecule has 1 aliphatic carbocycles. The van der Waals surface area contributed by atoms with Crippen LogP contribution < -0.4 is 0 Å². The van der Waals surface area contributed by atoms with Crippen molar-refractivity contribution in [1.29, 1.82) is 0 Å². The van der Waals surface area contributed by atoms with Gasteiger partial charge in [0.25, 0.3) is 0 Å². The van der Waals surface area contributed by atoms with Gasteiger partial charge in [-0.25, -0.2) is 4.79 Å². The van der Waals surface area contributed by atoms with E-state index in [9.17, 15) is 4.79 Å². The smallest absolute Gasteiger partial charge is 0.332 e. The molecule has 2 saturated heterocycles. The molecule has 0 amide bonds. The zero-order chi connectivity index (χ0) is 12.3. The first-order valence-corrected chi connectivity index (χ1v) is 6.65. The van der Waals surface area contributed by atoms with Crippen LogP contribution in [-0.4, -0.2) is 48.3 Å². The van der Waals surface area contributed by atoms with Crippen molar-refractivity contribution in [3.05, 3.63) is 23.8 Å². The molecule has 18 heavy (non-hydrogen) atoms. The SMILES string of the molecule is CO[C@@H]1CCN2[C@@H]3C=CC4=CC(=O)O[C@@]4(C3)[C@H]2C1. The monoisotopic (exact) mass is 247 g/mol. The predicted molar refractivity (Wildman–Crippen MR) is 65.0 cm³/mol. The Balaban J connectivity index is 1.75. The highest BCUT2D eigenvalue weighted by atomic mass is 16.6. The highest BCUT2D eigenvalue weighted by Gasteiger charge is 2.60. The summed E-state index contributed by atoms with van der Waals surface area (Å²) >= 11 is 0. The summed E-state index contributed by atoms with van der Waals surface area (Å²) in [6.45, 7) is 1.03. The number of hydrogen-bond acceptors (Lipinski definition) is 4. The van der Waals surface area contributed by atoms with E-state index in [2.05, 4.69) is 17.1 Å². The minimum Gasteiger partial charge on any atom is -0.449 e. The van der Waals surface area contributed by atoms with E-state index in [1.165, 1.54) is 0 Å². The second kappa shape index (κ2) is 3.45. The highest BCUT2D eigenvalue weighted by molar-refractivity contribution is 5.88. The molecule has 3 aliphatic heterocycles. The van der Waals surface area contributed by atoms with E-state index in [-0.39, 0.29) is 17.6 Å². The molecule has 0 saturated carbocycles. The zero-order valence-corrected chi connectivity index (χ0v) is 10.5. The van der Waals surface area contributed by atoms with Gasteiger partial charge in [0.05, 0.1) is 12.1 Å². The Morgan fingerprint density at radius 3 is 3.28 bits per heavy atom. The number of ether oxygens (including phenoxy) is 2. The Bertz CT molecular complexity index is 470. The van der Waals surface area contributed by atoms with Crippen LogP contribution in [-0.2, 0) is 14.3 Å². The van der Waals surface area contributed by atoms with Gasteiger partial charge in [-0.1, -0.05) is 12.2 Å². The standard InChI is InChI=1S/C14H17NO3/c1-17-11-4-5-15-10-3-2-9-6-13(16)18-14(9,8-10)12(15)7-11/h2-3,6,10-12H,4-5,7-8H2,1H3/t10-,11-,12-,14-/m1/s1. The van der Waals surface area contributed by atoms with Crippen LogP contribution >= 0.6 is 0 Å². The van der Waals surface area contributed by atoms with Crippen LogP contribution in [0.15, 0.2) is 23.8 Å². The highest BCUT2D eigenvalue weighted by Crippen LogP contribution is 2.51. The van der Waals surface area contributed by atoms with Crippen molar-refractivity contribution in [2.45, 2.75) is 43.1 Å². The first-order valence-electron chi connectivity index (χ1n) is 6.65. The molecule has 4 rings (SSSR count). The number of carbonyl (C=O) groups is 1. The van der Waals surface area contributed by atoms with Gasteiger partial charge in [-0.15, -0.1) is 0 Å². The van der Waals surface area contributed by atoms with Crippen molar-refractivity contribution in [3.8, 4) is 0 Å². The van der Waals surface area contributed by atoms with Crippen molar-refractivity contribution in [1.82, 2.24) is 4.90 Å². The quantitative estimate of drug-likeness (QED) is 0.649. The summed E-state index contributed by atoms with van der Waals surface area (Å²) in [6.07, 6.45) is 9.20. The summed E-state index contributed by atoms with van der Waals surface area (Å²) in [5.41, 5.74) is 0.682. The summed E-state index contributed by atoms with van der Waals surface area (Å²) in [5.74, 6) is -0.184. The fraction of sp³-hybridized carbons (Fsp3) is 0.643. The molecule has 4 atom stereocenters. The number of carbonyl (C=O) groups excluding carboxylic acids is 1. The Morgan fingerprint density at radius 2 is 2.44 bits per heavy atom. The molecule has 4 heteroatoms. The fourth-order valence-corrected chi connectivity index (χ4v) is 4.10. The molecule has 3 heterocycles. The molecule has 0 aromatic heterocycles. The number of hydrogen-bond donors (Lipinski definition) is 0.